The third-order valence-corrected chi connectivity index (χ3v) is 7.73. The summed E-state index contributed by atoms with van der Waals surface area (Å²) in [7, 11) is -0.791. The Labute approximate surface area is 228 Å². The monoisotopic (exact) mass is 546 g/mol. The van der Waals surface area contributed by atoms with E-state index in [4.69, 9.17) is 14.2 Å². The number of benzene rings is 4. The van der Waals surface area contributed by atoms with Gasteiger partial charge in [-0.2, -0.15) is 0 Å². The van der Waals surface area contributed by atoms with Gasteiger partial charge in [-0.15, -0.1) is 0 Å². The first-order valence-electron chi connectivity index (χ1n) is 12.2. The normalized spacial score (nSPS) is 10.9. The predicted molar refractivity (Wildman–Crippen MR) is 151 cm³/mol. The van der Waals surface area contributed by atoms with E-state index in [2.05, 4.69) is 5.32 Å². The van der Waals surface area contributed by atoms with Crippen molar-refractivity contribution in [2.24, 2.45) is 0 Å². The first-order chi connectivity index (χ1) is 18.8. The van der Waals surface area contributed by atoms with Crippen LogP contribution >= 0.6 is 0 Å². The van der Waals surface area contributed by atoms with Gasteiger partial charge in [-0.05, 0) is 61.0 Å². The molecule has 8 nitrogen and oxygen atoms in total. The Morgan fingerprint density at radius 3 is 2.13 bits per heavy atom. The van der Waals surface area contributed by atoms with Crippen LogP contribution in [0.1, 0.15) is 11.1 Å². The third kappa shape index (κ3) is 6.88. The Morgan fingerprint density at radius 2 is 1.49 bits per heavy atom. The van der Waals surface area contributed by atoms with Crippen LogP contribution in [0.3, 0.4) is 0 Å². The molecule has 0 aliphatic rings. The summed E-state index contributed by atoms with van der Waals surface area (Å²) in [5.74, 6) is 1.11. The van der Waals surface area contributed by atoms with Crippen molar-refractivity contribution in [2.75, 3.05) is 30.4 Å². The number of rotatable bonds is 11. The Bertz CT molecular complexity index is 1510. The number of hydrogen-bond donors (Lipinski definition) is 1. The molecule has 9 heteroatoms. The molecule has 0 unspecified atom stereocenters. The van der Waals surface area contributed by atoms with Crippen molar-refractivity contribution in [1.29, 1.82) is 0 Å². The second kappa shape index (κ2) is 12.4. The average molecular weight is 547 g/mol. The van der Waals surface area contributed by atoms with Gasteiger partial charge in [0, 0.05) is 11.8 Å². The van der Waals surface area contributed by atoms with E-state index in [1.165, 1.54) is 18.5 Å². The maximum Gasteiger partial charge on any atom is 0.264 e. The number of nitrogens with zero attached hydrogens (tertiary/aromatic N) is 1. The lowest BCUT2D eigenvalue weighted by molar-refractivity contribution is -0.118. The van der Waals surface area contributed by atoms with E-state index >= 15 is 0 Å². The highest BCUT2D eigenvalue weighted by atomic mass is 32.2. The molecular formula is C30H30N2O6S. The summed E-state index contributed by atoms with van der Waals surface area (Å²) < 4.78 is 44.7. The number of sulfonamides is 1. The van der Waals surface area contributed by atoms with Crippen molar-refractivity contribution in [3.63, 3.8) is 0 Å². The summed E-state index contributed by atoms with van der Waals surface area (Å²) in [5, 5.41) is 2.75. The van der Waals surface area contributed by atoms with Gasteiger partial charge in [0.05, 0.1) is 31.3 Å². The highest BCUT2D eigenvalue weighted by Gasteiger charge is 2.25. The zero-order valence-corrected chi connectivity index (χ0v) is 22.8. The molecule has 0 bridgehead atoms. The molecule has 0 spiro atoms. The molecule has 0 heterocycles. The van der Waals surface area contributed by atoms with Crippen molar-refractivity contribution in [1.82, 2.24) is 0 Å². The fraction of sp³-hybridized carbons (Fsp3) is 0.167. The van der Waals surface area contributed by atoms with Crippen LogP contribution in [0, 0.1) is 6.92 Å². The lowest BCUT2D eigenvalue weighted by atomic mass is 10.2. The molecule has 0 aliphatic heterocycles. The van der Waals surface area contributed by atoms with Gasteiger partial charge in [-0.25, -0.2) is 8.42 Å². The second-order valence-corrected chi connectivity index (χ2v) is 10.6. The van der Waals surface area contributed by atoms with Gasteiger partial charge in [0.25, 0.3) is 15.9 Å². The predicted octanol–water partition coefficient (Wildman–Crippen LogP) is 5.43. The SMILES string of the molecule is COc1ccc(NC(=O)COc2ccc(N(Cc3ccccc3)S(=O)(=O)c3ccc(C)cc3)cc2)cc1OC. The molecule has 4 aromatic rings. The van der Waals surface area contributed by atoms with E-state index in [-0.39, 0.29) is 24.0 Å². The number of hydrogen-bond acceptors (Lipinski definition) is 6. The van der Waals surface area contributed by atoms with Crippen molar-refractivity contribution in [2.45, 2.75) is 18.4 Å². The number of nitrogens with one attached hydrogen (secondary N) is 1. The van der Waals surface area contributed by atoms with Crippen LogP contribution in [-0.2, 0) is 21.4 Å². The van der Waals surface area contributed by atoms with Crippen LogP contribution in [0.5, 0.6) is 17.2 Å². The van der Waals surface area contributed by atoms with Gasteiger partial charge in [0.15, 0.2) is 18.1 Å². The van der Waals surface area contributed by atoms with Crippen LogP contribution < -0.4 is 23.8 Å². The molecule has 4 aromatic carbocycles. The second-order valence-electron chi connectivity index (χ2n) is 8.71. The quantitative estimate of drug-likeness (QED) is 0.270. The first-order valence-corrected chi connectivity index (χ1v) is 13.6. The molecule has 0 atom stereocenters. The van der Waals surface area contributed by atoms with E-state index in [0.29, 0.717) is 28.6 Å². The Hall–Kier alpha value is -4.50. The fourth-order valence-electron chi connectivity index (χ4n) is 3.87. The number of carbonyl (C=O) groups is 1. The molecule has 0 aliphatic carbocycles. The first kappa shape index (κ1) is 27.5. The zero-order chi connectivity index (χ0) is 27.8. The summed E-state index contributed by atoms with van der Waals surface area (Å²) in [6.45, 7) is 1.83. The minimum atomic E-state index is -3.84. The van der Waals surface area contributed by atoms with Crippen molar-refractivity contribution >= 4 is 27.3 Å². The Balaban J connectivity index is 1.48. The van der Waals surface area contributed by atoms with Gasteiger partial charge in [0.1, 0.15) is 5.75 Å². The van der Waals surface area contributed by atoms with Gasteiger partial charge < -0.3 is 19.5 Å². The number of anilines is 2. The number of carbonyl (C=O) groups excluding carboxylic acids is 1. The summed E-state index contributed by atoms with van der Waals surface area (Å²) in [4.78, 5) is 12.6. The highest BCUT2D eigenvalue weighted by Crippen LogP contribution is 2.30. The van der Waals surface area contributed by atoms with Crippen LogP contribution in [-0.4, -0.2) is 35.2 Å². The summed E-state index contributed by atoms with van der Waals surface area (Å²) >= 11 is 0. The number of aryl methyl sites for hydroxylation is 1. The van der Waals surface area contributed by atoms with E-state index in [9.17, 15) is 13.2 Å². The van der Waals surface area contributed by atoms with Crippen molar-refractivity contribution in [3.8, 4) is 17.2 Å². The molecule has 0 fully saturated rings. The van der Waals surface area contributed by atoms with Crippen molar-refractivity contribution in [3.05, 3.63) is 108 Å². The molecule has 0 aromatic heterocycles. The summed E-state index contributed by atoms with van der Waals surface area (Å²) in [5.41, 5.74) is 2.83. The molecule has 39 heavy (non-hydrogen) atoms. The summed E-state index contributed by atoms with van der Waals surface area (Å²) in [6, 6.07) is 27.8. The largest absolute Gasteiger partial charge is 0.493 e. The van der Waals surface area contributed by atoms with E-state index in [0.717, 1.165) is 11.1 Å². The average Bonchev–Trinajstić information content (AvgIpc) is 2.96. The van der Waals surface area contributed by atoms with Gasteiger partial charge in [-0.3, -0.25) is 9.10 Å². The van der Waals surface area contributed by atoms with E-state index in [1.807, 2.05) is 37.3 Å². The van der Waals surface area contributed by atoms with Gasteiger partial charge >= 0.3 is 0 Å². The molecule has 1 N–H and O–H groups in total. The molecule has 0 saturated heterocycles. The van der Waals surface area contributed by atoms with Gasteiger partial charge in [-0.1, -0.05) is 48.0 Å². The minimum Gasteiger partial charge on any atom is -0.493 e. The molecule has 0 radical (unpaired) electrons. The lowest BCUT2D eigenvalue weighted by Gasteiger charge is -2.25. The molecule has 202 valence electrons. The molecular weight excluding hydrogens is 516 g/mol. The molecule has 4 rings (SSSR count). The number of amides is 1. The number of methoxy groups -OCH3 is 2. The van der Waals surface area contributed by atoms with Crippen LogP contribution in [0.15, 0.2) is 102 Å². The fourth-order valence-corrected chi connectivity index (χ4v) is 5.32. The molecule has 1 amide bonds. The van der Waals surface area contributed by atoms with Crippen molar-refractivity contribution < 1.29 is 27.4 Å². The van der Waals surface area contributed by atoms with E-state index in [1.54, 1.807) is 66.7 Å². The van der Waals surface area contributed by atoms with E-state index < -0.39 is 10.0 Å². The standard InChI is InChI=1S/C30H30N2O6S/c1-22-9-16-27(17-10-22)39(34,35)32(20-23-7-5-4-6-8-23)25-12-14-26(15-13-25)38-21-30(33)31-24-11-18-28(36-2)29(19-24)37-3/h4-19H,20-21H2,1-3H3,(H,31,33). The van der Waals surface area contributed by atoms with Crippen LogP contribution in [0.2, 0.25) is 0 Å². The minimum absolute atomic E-state index is 0.158. The molecule has 0 saturated carbocycles. The lowest BCUT2D eigenvalue weighted by Crippen LogP contribution is -2.30. The Kier molecular flexibility index (Phi) is 8.73. The summed E-state index contributed by atoms with van der Waals surface area (Å²) in [6.07, 6.45) is 0. The number of ether oxygens (including phenoxy) is 3. The van der Waals surface area contributed by atoms with Crippen LogP contribution in [0.25, 0.3) is 0 Å². The topological polar surface area (TPSA) is 94.2 Å². The Morgan fingerprint density at radius 1 is 0.821 bits per heavy atom. The smallest absolute Gasteiger partial charge is 0.264 e. The maximum absolute atomic E-state index is 13.6. The zero-order valence-electron chi connectivity index (χ0n) is 22.0. The third-order valence-electron chi connectivity index (χ3n) is 5.94. The maximum atomic E-state index is 13.6. The highest BCUT2D eigenvalue weighted by molar-refractivity contribution is 7.92. The van der Waals surface area contributed by atoms with Gasteiger partial charge in [0.2, 0.25) is 0 Å². The van der Waals surface area contributed by atoms with Crippen LogP contribution in [0.4, 0.5) is 11.4 Å².